The minimum Gasteiger partial charge on any atom is -0.481 e. The molecule has 0 amide bonds. The average Bonchev–Trinajstić information content (AvgIpc) is 2.89. The summed E-state index contributed by atoms with van der Waals surface area (Å²) in [6.07, 6.45) is 5.54. The molecule has 7 atom stereocenters. The number of ether oxygens (including phenoxy) is 1. The van der Waals surface area contributed by atoms with Crippen molar-refractivity contribution in [1.29, 1.82) is 0 Å². The Morgan fingerprint density at radius 2 is 2.04 bits per heavy atom. The van der Waals surface area contributed by atoms with Crippen molar-refractivity contribution in [2.75, 3.05) is 6.61 Å². The molecule has 2 unspecified atom stereocenters. The average molecular weight is 392 g/mol. The fourth-order valence-corrected chi connectivity index (χ4v) is 7.04. The van der Waals surface area contributed by atoms with Crippen LogP contribution in [0.3, 0.4) is 0 Å². The highest BCUT2D eigenvalue weighted by Crippen LogP contribution is 2.67. The van der Waals surface area contributed by atoms with Crippen LogP contribution in [0, 0.1) is 34.5 Å². The zero-order valence-corrected chi connectivity index (χ0v) is 17.3. The molecule has 28 heavy (non-hydrogen) atoms. The second-order valence-corrected chi connectivity index (χ2v) is 9.81. The van der Waals surface area contributed by atoms with E-state index in [-0.39, 0.29) is 41.3 Å². The Morgan fingerprint density at radius 1 is 1.29 bits per heavy atom. The quantitative estimate of drug-likeness (QED) is 0.446. The van der Waals surface area contributed by atoms with E-state index >= 15 is 0 Å². The molecule has 2 saturated carbocycles. The molecule has 2 aliphatic heterocycles. The van der Waals surface area contributed by atoms with Gasteiger partial charge in [-0.1, -0.05) is 19.9 Å². The molecule has 1 N–H and O–H groups in total. The van der Waals surface area contributed by atoms with Crippen LogP contribution in [-0.4, -0.2) is 35.9 Å². The van der Waals surface area contributed by atoms with Crippen molar-refractivity contribution in [1.82, 2.24) is 0 Å². The molecule has 2 heterocycles. The molecule has 0 aromatic rings. The summed E-state index contributed by atoms with van der Waals surface area (Å²) in [5.41, 5.74) is 0.0973. The largest absolute Gasteiger partial charge is 0.481 e. The molecular formula is C22H32O6. The lowest BCUT2D eigenvalue weighted by Crippen LogP contribution is -2.57. The van der Waals surface area contributed by atoms with Crippen molar-refractivity contribution < 1.29 is 29.2 Å². The van der Waals surface area contributed by atoms with Gasteiger partial charge in [0.25, 0.3) is 0 Å². The number of rotatable bonds is 4. The van der Waals surface area contributed by atoms with Crippen molar-refractivity contribution in [3.8, 4) is 0 Å². The van der Waals surface area contributed by atoms with Crippen LogP contribution in [0.5, 0.6) is 0 Å². The highest BCUT2D eigenvalue weighted by molar-refractivity contribution is 5.76. The summed E-state index contributed by atoms with van der Waals surface area (Å²) in [5.74, 6) is -0.515. The number of hydrogen-bond acceptors (Lipinski definition) is 5. The summed E-state index contributed by atoms with van der Waals surface area (Å²) < 4.78 is 5.55. The Hall–Kier alpha value is -1.40. The number of carbonyl (C=O) groups is 2. The van der Waals surface area contributed by atoms with Gasteiger partial charge in [0, 0.05) is 18.3 Å². The molecule has 5 rings (SSSR count). The maximum atomic E-state index is 12.7. The fraction of sp³-hybridized carbons (Fsp3) is 0.818. The van der Waals surface area contributed by atoms with Crippen LogP contribution in [0.25, 0.3) is 0 Å². The second-order valence-electron chi connectivity index (χ2n) is 9.81. The number of esters is 1. The van der Waals surface area contributed by atoms with Gasteiger partial charge >= 0.3 is 11.9 Å². The third kappa shape index (κ3) is 2.75. The summed E-state index contributed by atoms with van der Waals surface area (Å²) in [6, 6.07) is 0. The molecule has 0 spiro atoms. The van der Waals surface area contributed by atoms with E-state index in [1.165, 1.54) is 6.92 Å². The van der Waals surface area contributed by atoms with Crippen LogP contribution in [-0.2, 0) is 24.1 Å². The predicted octanol–water partition coefficient (Wildman–Crippen LogP) is 3.75. The van der Waals surface area contributed by atoms with Crippen molar-refractivity contribution in [2.45, 2.75) is 72.0 Å². The SMILES string of the molecule is CC(=O)OC[C@@]12CC[C@]3(C(=O)O)[C@@H](C(C)C)CC[C@H]3[C@@H]1C1C=C(C)C(C2)OO1. The molecule has 6 heteroatoms. The molecule has 2 bridgehead atoms. The maximum absolute atomic E-state index is 12.7. The van der Waals surface area contributed by atoms with Gasteiger partial charge in [0.05, 0.1) is 12.0 Å². The van der Waals surface area contributed by atoms with Gasteiger partial charge in [-0.25, -0.2) is 9.78 Å². The van der Waals surface area contributed by atoms with E-state index in [1.54, 1.807) is 0 Å². The maximum Gasteiger partial charge on any atom is 0.310 e. The van der Waals surface area contributed by atoms with Crippen LogP contribution in [0.1, 0.15) is 59.8 Å². The van der Waals surface area contributed by atoms with Gasteiger partial charge in [-0.3, -0.25) is 9.59 Å². The zero-order chi connectivity index (χ0) is 20.3. The van der Waals surface area contributed by atoms with E-state index in [0.29, 0.717) is 25.4 Å². The van der Waals surface area contributed by atoms with Crippen molar-refractivity contribution >= 4 is 11.9 Å². The fourth-order valence-electron chi connectivity index (χ4n) is 7.04. The molecule has 156 valence electrons. The lowest BCUT2D eigenvalue weighted by molar-refractivity contribution is -0.344. The first kappa shape index (κ1) is 19.9. The highest BCUT2D eigenvalue weighted by Gasteiger charge is 2.68. The molecule has 1 saturated heterocycles. The number of fused-ring (bicyclic) bond motifs is 2. The lowest BCUT2D eigenvalue weighted by atomic mass is 9.49. The monoisotopic (exact) mass is 392 g/mol. The van der Waals surface area contributed by atoms with Gasteiger partial charge in [0.15, 0.2) is 0 Å². The first-order chi connectivity index (χ1) is 13.2. The normalized spacial score (nSPS) is 44.5. The van der Waals surface area contributed by atoms with Gasteiger partial charge in [0.2, 0.25) is 0 Å². The Balaban J connectivity index is 1.80. The summed E-state index contributed by atoms with van der Waals surface area (Å²) in [7, 11) is 0. The minimum atomic E-state index is -0.730. The summed E-state index contributed by atoms with van der Waals surface area (Å²) in [4.78, 5) is 35.8. The molecule has 3 aliphatic carbocycles. The van der Waals surface area contributed by atoms with Crippen LogP contribution in [0.2, 0.25) is 0 Å². The zero-order valence-electron chi connectivity index (χ0n) is 17.3. The van der Waals surface area contributed by atoms with Crippen molar-refractivity contribution in [3.63, 3.8) is 0 Å². The van der Waals surface area contributed by atoms with Gasteiger partial charge < -0.3 is 9.84 Å². The minimum absolute atomic E-state index is 0.00351. The van der Waals surface area contributed by atoms with Gasteiger partial charge in [-0.05, 0) is 62.4 Å². The van der Waals surface area contributed by atoms with Gasteiger partial charge in [-0.15, -0.1) is 0 Å². The van der Waals surface area contributed by atoms with E-state index in [2.05, 4.69) is 19.9 Å². The van der Waals surface area contributed by atoms with E-state index in [0.717, 1.165) is 24.8 Å². The van der Waals surface area contributed by atoms with Crippen LogP contribution < -0.4 is 0 Å². The van der Waals surface area contributed by atoms with Gasteiger partial charge in [0.1, 0.15) is 12.2 Å². The molecule has 0 radical (unpaired) electrons. The third-order valence-corrected chi connectivity index (χ3v) is 8.22. The molecular weight excluding hydrogens is 360 g/mol. The first-order valence-electron chi connectivity index (χ1n) is 10.6. The van der Waals surface area contributed by atoms with E-state index in [1.807, 2.05) is 6.92 Å². The van der Waals surface area contributed by atoms with Crippen LogP contribution in [0.15, 0.2) is 11.6 Å². The van der Waals surface area contributed by atoms with E-state index < -0.39 is 11.4 Å². The Morgan fingerprint density at radius 3 is 2.64 bits per heavy atom. The predicted molar refractivity (Wildman–Crippen MR) is 101 cm³/mol. The second kappa shape index (κ2) is 6.84. The van der Waals surface area contributed by atoms with Crippen LogP contribution in [0.4, 0.5) is 0 Å². The highest BCUT2D eigenvalue weighted by atomic mass is 17.2. The molecule has 5 aliphatic rings. The number of carboxylic acid groups (broad SMARTS) is 1. The van der Waals surface area contributed by atoms with Crippen LogP contribution >= 0.6 is 0 Å². The standard InChI is InChI=1S/C22H32O6/c1-12(2)15-5-6-16-19-17-9-13(3)18(28-27-17)10-21(19,11-26-14(4)23)7-8-22(15,16)20(24)25/h9,12,15-19H,5-8,10-11H2,1-4H3,(H,24,25)/t15-,16+,17?,18?,19-,21+,22+/m1/s1. The van der Waals surface area contributed by atoms with Crippen molar-refractivity contribution in [2.24, 2.45) is 34.5 Å². The topological polar surface area (TPSA) is 82.1 Å². The number of carbonyl (C=O) groups excluding carboxylic acids is 1. The molecule has 0 aromatic carbocycles. The third-order valence-electron chi connectivity index (χ3n) is 8.22. The summed E-state index contributed by atoms with van der Waals surface area (Å²) in [6.45, 7) is 8.07. The smallest absolute Gasteiger partial charge is 0.310 e. The van der Waals surface area contributed by atoms with Crippen molar-refractivity contribution in [3.05, 3.63) is 11.6 Å². The molecule has 3 fully saturated rings. The number of aliphatic carboxylic acids is 1. The Bertz CT molecular complexity index is 699. The number of hydrogen-bond donors (Lipinski definition) is 1. The summed E-state index contributed by atoms with van der Waals surface area (Å²) in [5, 5.41) is 10.4. The number of carboxylic acids is 1. The lowest BCUT2D eigenvalue weighted by Gasteiger charge is -2.54. The Labute approximate surface area is 166 Å². The van der Waals surface area contributed by atoms with E-state index in [4.69, 9.17) is 14.5 Å². The summed E-state index contributed by atoms with van der Waals surface area (Å²) >= 11 is 0. The van der Waals surface area contributed by atoms with E-state index in [9.17, 15) is 14.7 Å². The molecule has 6 nitrogen and oxygen atoms in total. The first-order valence-corrected chi connectivity index (χ1v) is 10.6. The Kier molecular flexibility index (Phi) is 4.86. The van der Waals surface area contributed by atoms with Gasteiger partial charge in [-0.2, -0.15) is 0 Å². The molecule has 0 aromatic heterocycles.